The molecule has 0 bridgehead atoms. The molecule has 128 valence electrons. The maximum atomic E-state index is 13.2. The van der Waals surface area contributed by atoms with E-state index in [1.54, 1.807) is 24.5 Å². The number of nitrogens with one attached hydrogen (secondary N) is 2. The van der Waals surface area contributed by atoms with Gasteiger partial charge in [0.25, 0.3) is 0 Å². The molecule has 2 N–H and O–H groups in total. The van der Waals surface area contributed by atoms with Crippen molar-refractivity contribution in [1.82, 2.24) is 15.6 Å². The summed E-state index contributed by atoms with van der Waals surface area (Å²) in [7, 11) is 0. The third-order valence-corrected chi connectivity index (χ3v) is 3.55. The third kappa shape index (κ3) is 5.99. The Morgan fingerprint density at radius 1 is 1.25 bits per heavy atom. The molecule has 2 rings (SSSR count). The van der Waals surface area contributed by atoms with E-state index >= 15 is 0 Å². The fourth-order valence-electron chi connectivity index (χ4n) is 2.49. The zero-order valence-corrected chi connectivity index (χ0v) is 14.3. The summed E-state index contributed by atoms with van der Waals surface area (Å²) in [5, 5.41) is 5.77. The number of carbonyl (C=O) groups excluding carboxylic acids is 1. The van der Waals surface area contributed by atoms with Gasteiger partial charge in [0, 0.05) is 18.9 Å². The Morgan fingerprint density at radius 3 is 2.67 bits per heavy atom. The minimum atomic E-state index is -0.310. The highest BCUT2D eigenvalue weighted by Crippen LogP contribution is 2.28. The van der Waals surface area contributed by atoms with Crippen LogP contribution in [0.2, 0.25) is 0 Å². The largest absolute Gasteiger partial charge is 0.334 e. The second-order valence-electron chi connectivity index (χ2n) is 7.06. The fourth-order valence-corrected chi connectivity index (χ4v) is 2.49. The molecule has 0 aliphatic carbocycles. The van der Waals surface area contributed by atoms with Gasteiger partial charge in [0.1, 0.15) is 5.82 Å². The van der Waals surface area contributed by atoms with Crippen molar-refractivity contribution in [3.63, 3.8) is 0 Å². The molecule has 0 saturated carbocycles. The number of rotatable bonds is 5. The number of benzene rings is 1. The van der Waals surface area contributed by atoms with E-state index in [2.05, 4.69) is 36.4 Å². The number of urea groups is 1. The third-order valence-electron chi connectivity index (χ3n) is 3.55. The maximum Gasteiger partial charge on any atom is 0.315 e. The Morgan fingerprint density at radius 2 is 2.04 bits per heavy atom. The number of nitrogens with zero attached hydrogens (tertiary/aromatic N) is 1. The number of hydrogen-bond donors (Lipinski definition) is 2. The van der Waals surface area contributed by atoms with Gasteiger partial charge < -0.3 is 10.6 Å². The summed E-state index contributed by atoms with van der Waals surface area (Å²) in [4.78, 5) is 16.4. The van der Waals surface area contributed by atoms with E-state index in [1.165, 1.54) is 12.1 Å². The molecular formula is C19H24FN3O. The molecule has 0 fully saturated rings. The first kappa shape index (κ1) is 17.9. The topological polar surface area (TPSA) is 54.0 Å². The number of amides is 2. The van der Waals surface area contributed by atoms with Gasteiger partial charge in [0.2, 0.25) is 0 Å². The lowest BCUT2D eigenvalue weighted by Gasteiger charge is -2.27. The van der Waals surface area contributed by atoms with E-state index in [4.69, 9.17) is 0 Å². The van der Waals surface area contributed by atoms with Gasteiger partial charge in [-0.3, -0.25) is 4.98 Å². The average Bonchev–Trinajstić information content (AvgIpc) is 2.52. The zero-order valence-electron chi connectivity index (χ0n) is 14.3. The van der Waals surface area contributed by atoms with Crippen LogP contribution in [0.5, 0.6) is 0 Å². The second kappa shape index (κ2) is 7.90. The molecule has 1 unspecified atom stereocenters. The Balaban J connectivity index is 1.99. The molecule has 0 saturated heterocycles. The number of carbonyl (C=O) groups is 1. The van der Waals surface area contributed by atoms with Crippen LogP contribution in [-0.4, -0.2) is 11.0 Å². The van der Waals surface area contributed by atoms with E-state index in [0.29, 0.717) is 0 Å². The number of hydrogen-bond acceptors (Lipinski definition) is 2. The predicted octanol–water partition coefficient (Wildman–Crippen LogP) is 4.20. The Hall–Kier alpha value is -2.43. The van der Waals surface area contributed by atoms with E-state index in [0.717, 1.165) is 17.5 Å². The summed E-state index contributed by atoms with van der Waals surface area (Å²) in [6.45, 7) is 6.66. The first-order chi connectivity index (χ1) is 11.3. The molecule has 24 heavy (non-hydrogen) atoms. The minimum absolute atomic E-state index is 0.0519. The van der Waals surface area contributed by atoms with Crippen LogP contribution < -0.4 is 10.6 Å². The summed E-state index contributed by atoms with van der Waals surface area (Å²) >= 11 is 0. The summed E-state index contributed by atoms with van der Waals surface area (Å²) in [6.07, 6.45) is 4.26. The SMILES string of the molecule is CC(C)(C)CC(NC(=O)NCc1cccc(F)c1)c1cccnc1. The quantitative estimate of drug-likeness (QED) is 0.864. The van der Waals surface area contributed by atoms with Crippen LogP contribution >= 0.6 is 0 Å². The van der Waals surface area contributed by atoms with Crippen molar-refractivity contribution in [2.75, 3.05) is 0 Å². The molecule has 0 spiro atoms. The molecule has 5 heteroatoms. The van der Waals surface area contributed by atoms with Crippen LogP contribution in [0, 0.1) is 11.2 Å². The highest BCUT2D eigenvalue weighted by Gasteiger charge is 2.22. The Labute approximate surface area is 142 Å². The molecule has 1 aromatic carbocycles. The molecule has 1 heterocycles. The highest BCUT2D eigenvalue weighted by atomic mass is 19.1. The van der Waals surface area contributed by atoms with Crippen molar-refractivity contribution in [3.8, 4) is 0 Å². The smallest absolute Gasteiger partial charge is 0.315 e. The second-order valence-corrected chi connectivity index (χ2v) is 7.06. The van der Waals surface area contributed by atoms with Gasteiger partial charge in [0.15, 0.2) is 0 Å². The number of aromatic nitrogens is 1. The van der Waals surface area contributed by atoms with Gasteiger partial charge in [-0.15, -0.1) is 0 Å². The lowest BCUT2D eigenvalue weighted by molar-refractivity contribution is 0.230. The average molecular weight is 329 g/mol. The van der Waals surface area contributed by atoms with Gasteiger partial charge in [-0.2, -0.15) is 0 Å². The molecule has 1 atom stereocenters. The van der Waals surface area contributed by atoms with E-state index in [-0.39, 0.29) is 29.8 Å². The van der Waals surface area contributed by atoms with E-state index in [1.807, 2.05) is 12.1 Å². The molecule has 0 aliphatic heterocycles. The molecule has 0 radical (unpaired) electrons. The van der Waals surface area contributed by atoms with Crippen molar-refractivity contribution in [3.05, 3.63) is 65.7 Å². The zero-order chi connectivity index (χ0) is 17.6. The molecular weight excluding hydrogens is 305 g/mol. The first-order valence-corrected chi connectivity index (χ1v) is 8.02. The van der Waals surface area contributed by atoms with Crippen LogP contribution in [0.25, 0.3) is 0 Å². The number of halogens is 1. The van der Waals surface area contributed by atoms with Gasteiger partial charge in [-0.05, 0) is 41.2 Å². The number of pyridine rings is 1. The normalized spacial score (nSPS) is 12.5. The molecule has 2 aromatic rings. The molecule has 1 aromatic heterocycles. The summed E-state index contributed by atoms with van der Waals surface area (Å²) in [5.41, 5.74) is 1.74. The summed E-state index contributed by atoms with van der Waals surface area (Å²) < 4.78 is 13.2. The highest BCUT2D eigenvalue weighted by molar-refractivity contribution is 5.74. The standard InChI is InChI=1S/C19H24FN3O/c1-19(2,3)11-17(15-7-5-9-21-13-15)23-18(24)22-12-14-6-4-8-16(20)10-14/h4-10,13,17H,11-12H2,1-3H3,(H2,22,23,24). The lowest BCUT2D eigenvalue weighted by Crippen LogP contribution is -2.38. The minimum Gasteiger partial charge on any atom is -0.334 e. The van der Waals surface area contributed by atoms with Gasteiger partial charge in [-0.25, -0.2) is 9.18 Å². The Kier molecular flexibility index (Phi) is 5.90. The summed E-state index contributed by atoms with van der Waals surface area (Å²) in [6, 6.07) is 9.59. The molecule has 4 nitrogen and oxygen atoms in total. The van der Waals surface area contributed by atoms with Crippen molar-refractivity contribution >= 4 is 6.03 Å². The van der Waals surface area contributed by atoms with Crippen LogP contribution in [-0.2, 0) is 6.54 Å². The molecule has 0 aliphatic rings. The van der Waals surface area contributed by atoms with Crippen LogP contribution in [0.1, 0.15) is 44.4 Å². The predicted molar refractivity (Wildman–Crippen MR) is 92.8 cm³/mol. The van der Waals surface area contributed by atoms with Gasteiger partial charge in [-0.1, -0.05) is 39.0 Å². The van der Waals surface area contributed by atoms with Gasteiger partial charge >= 0.3 is 6.03 Å². The van der Waals surface area contributed by atoms with Crippen molar-refractivity contribution in [2.45, 2.75) is 39.8 Å². The van der Waals surface area contributed by atoms with Gasteiger partial charge in [0.05, 0.1) is 6.04 Å². The monoisotopic (exact) mass is 329 g/mol. The van der Waals surface area contributed by atoms with Crippen LogP contribution in [0.3, 0.4) is 0 Å². The van der Waals surface area contributed by atoms with Crippen molar-refractivity contribution in [2.24, 2.45) is 5.41 Å². The van der Waals surface area contributed by atoms with E-state index in [9.17, 15) is 9.18 Å². The maximum absolute atomic E-state index is 13.2. The lowest BCUT2D eigenvalue weighted by atomic mass is 9.86. The van der Waals surface area contributed by atoms with Crippen LogP contribution in [0.4, 0.5) is 9.18 Å². The Bertz CT molecular complexity index is 668. The molecule has 2 amide bonds. The first-order valence-electron chi connectivity index (χ1n) is 8.02. The summed E-state index contributed by atoms with van der Waals surface area (Å²) in [5.74, 6) is -0.310. The van der Waals surface area contributed by atoms with Crippen molar-refractivity contribution in [1.29, 1.82) is 0 Å². The van der Waals surface area contributed by atoms with Crippen LogP contribution in [0.15, 0.2) is 48.8 Å². The van der Waals surface area contributed by atoms with Crippen molar-refractivity contribution < 1.29 is 9.18 Å². The van der Waals surface area contributed by atoms with E-state index < -0.39 is 0 Å². The fraction of sp³-hybridized carbons (Fsp3) is 0.368.